The summed E-state index contributed by atoms with van der Waals surface area (Å²) in [6.07, 6.45) is 5.00. The molecule has 0 spiro atoms. The third-order valence-electron chi connectivity index (χ3n) is 4.78. The predicted octanol–water partition coefficient (Wildman–Crippen LogP) is 2.77. The molecule has 136 valence electrons. The molecule has 0 bridgehead atoms. The minimum absolute atomic E-state index is 0.175. The number of rotatable bonds is 3. The lowest BCUT2D eigenvalue weighted by Crippen LogP contribution is -2.27. The zero-order valence-corrected chi connectivity index (χ0v) is 15.5. The number of hydrogen-bond acceptors (Lipinski definition) is 6. The van der Waals surface area contributed by atoms with Gasteiger partial charge < -0.3 is 10.6 Å². The minimum atomic E-state index is -0.515. The molecule has 0 saturated carbocycles. The van der Waals surface area contributed by atoms with Gasteiger partial charge in [-0.3, -0.25) is 9.78 Å². The second-order valence-corrected chi connectivity index (χ2v) is 7.32. The Morgan fingerprint density at radius 2 is 2.00 bits per heavy atom. The normalized spacial score (nSPS) is 14.9. The van der Waals surface area contributed by atoms with Gasteiger partial charge in [-0.05, 0) is 25.1 Å². The molecule has 4 rings (SSSR count). The SMILES string of the molecule is Cc1cccc(-c2ncc3c(n2)N(c2ccncc2C(N)=O)CC3(C)C)n1. The maximum Gasteiger partial charge on any atom is 0.252 e. The highest BCUT2D eigenvalue weighted by Gasteiger charge is 2.39. The second-order valence-electron chi connectivity index (χ2n) is 7.32. The second kappa shape index (κ2) is 6.12. The molecule has 0 aromatic carbocycles. The minimum Gasteiger partial charge on any atom is -0.365 e. The molecule has 0 unspecified atom stereocenters. The lowest BCUT2D eigenvalue weighted by molar-refractivity contribution is 0.100. The first-order valence-corrected chi connectivity index (χ1v) is 8.70. The van der Waals surface area contributed by atoms with Crippen LogP contribution in [0.2, 0.25) is 0 Å². The molecule has 0 radical (unpaired) electrons. The van der Waals surface area contributed by atoms with E-state index in [0.29, 0.717) is 29.3 Å². The average molecular weight is 360 g/mol. The number of pyridine rings is 2. The highest BCUT2D eigenvalue weighted by atomic mass is 16.1. The van der Waals surface area contributed by atoms with Crippen molar-refractivity contribution in [1.82, 2.24) is 19.9 Å². The molecule has 0 saturated heterocycles. The van der Waals surface area contributed by atoms with E-state index in [2.05, 4.69) is 28.8 Å². The maximum absolute atomic E-state index is 11.9. The van der Waals surface area contributed by atoms with Crippen LogP contribution in [0.25, 0.3) is 11.5 Å². The fraction of sp³-hybridized carbons (Fsp3) is 0.250. The van der Waals surface area contributed by atoms with Crippen molar-refractivity contribution in [2.24, 2.45) is 5.73 Å². The zero-order chi connectivity index (χ0) is 19.2. The van der Waals surface area contributed by atoms with Gasteiger partial charge in [0, 0.05) is 41.8 Å². The van der Waals surface area contributed by atoms with Gasteiger partial charge in [-0.25, -0.2) is 15.0 Å². The van der Waals surface area contributed by atoms with E-state index in [1.807, 2.05) is 36.2 Å². The number of carbonyl (C=O) groups is 1. The van der Waals surface area contributed by atoms with E-state index in [0.717, 1.165) is 17.1 Å². The van der Waals surface area contributed by atoms with Crippen LogP contribution in [0.4, 0.5) is 11.5 Å². The van der Waals surface area contributed by atoms with Gasteiger partial charge in [-0.1, -0.05) is 19.9 Å². The summed E-state index contributed by atoms with van der Waals surface area (Å²) < 4.78 is 0. The Balaban J connectivity index is 1.88. The smallest absolute Gasteiger partial charge is 0.252 e. The first-order chi connectivity index (χ1) is 12.9. The Kier molecular flexibility index (Phi) is 3.87. The molecule has 7 nitrogen and oxygen atoms in total. The Morgan fingerprint density at radius 1 is 1.19 bits per heavy atom. The van der Waals surface area contributed by atoms with Crippen LogP contribution in [0.1, 0.15) is 35.5 Å². The van der Waals surface area contributed by atoms with Crippen molar-refractivity contribution in [3.8, 4) is 11.5 Å². The molecule has 1 aliphatic rings. The van der Waals surface area contributed by atoms with Gasteiger partial charge >= 0.3 is 0 Å². The average Bonchev–Trinajstić information content (AvgIpc) is 2.92. The summed E-state index contributed by atoms with van der Waals surface area (Å²) in [5, 5.41) is 0. The lowest BCUT2D eigenvalue weighted by Gasteiger charge is -2.23. The van der Waals surface area contributed by atoms with Gasteiger partial charge in [-0.15, -0.1) is 0 Å². The first-order valence-electron chi connectivity index (χ1n) is 8.70. The van der Waals surface area contributed by atoms with Crippen molar-refractivity contribution in [2.75, 3.05) is 11.4 Å². The standard InChI is InChI=1S/C20H20N6O/c1-12-5-4-6-15(24-12)18-23-10-14-19(25-18)26(11-20(14,2)3)16-7-8-22-9-13(16)17(21)27/h4-10H,11H2,1-3H3,(H2,21,27). The Hall–Kier alpha value is -3.35. The molecular formula is C20H20N6O. The van der Waals surface area contributed by atoms with E-state index < -0.39 is 5.91 Å². The Labute approximate surface area is 157 Å². The number of carbonyl (C=O) groups excluding carboxylic acids is 1. The maximum atomic E-state index is 11.9. The van der Waals surface area contributed by atoms with Crippen LogP contribution in [-0.4, -0.2) is 32.4 Å². The molecule has 3 aromatic rings. The van der Waals surface area contributed by atoms with E-state index in [9.17, 15) is 4.79 Å². The van der Waals surface area contributed by atoms with Crippen molar-refractivity contribution in [3.05, 3.63) is 59.7 Å². The summed E-state index contributed by atoms with van der Waals surface area (Å²) in [5.41, 5.74) is 9.09. The highest BCUT2D eigenvalue weighted by Crippen LogP contribution is 2.43. The van der Waals surface area contributed by atoms with Gasteiger partial charge in [0.2, 0.25) is 0 Å². The van der Waals surface area contributed by atoms with E-state index >= 15 is 0 Å². The van der Waals surface area contributed by atoms with Crippen LogP contribution in [0.3, 0.4) is 0 Å². The number of nitrogens with two attached hydrogens (primary N) is 1. The number of fused-ring (bicyclic) bond motifs is 1. The predicted molar refractivity (Wildman–Crippen MR) is 103 cm³/mol. The third-order valence-corrected chi connectivity index (χ3v) is 4.78. The fourth-order valence-electron chi connectivity index (χ4n) is 3.41. The van der Waals surface area contributed by atoms with Crippen molar-refractivity contribution < 1.29 is 4.79 Å². The molecule has 0 aliphatic carbocycles. The van der Waals surface area contributed by atoms with E-state index in [1.54, 1.807) is 12.3 Å². The van der Waals surface area contributed by atoms with Gasteiger partial charge in [0.1, 0.15) is 11.5 Å². The number of amides is 1. The molecule has 1 aliphatic heterocycles. The summed E-state index contributed by atoms with van der Waals surface area (Å²) >= 11 is 0. The zero-order valence-electron chi connectivity index (χ0n) is 15.5. The monoisotopic (exact) mass is 360 g/mol. The molecule has 7 heteroatoms. The Morgan fingerprint density at radius 3 is 2.74 bits per heavy atom. The van der Waals surface area contributed by atoms with Crippen LogP contribution in [0, 0.1) is 6.92 Å². The summed E-state index contributed by atoms with van der Waals surface area (Å²) in [5.74, 6) is 0.802. The summed E-state index contributed by atoms with van der Waals surface area (Å²) in [7, 11) is 0. The van der Waals surface area contributed by atoms with Crippen LogP contribution >= 0.6 is 0 Å². The largest absolute Gasteiger partial charge is 0.365 e. The van der Waals surface area contributed by atoms with Crippen molar-refractivity contribution >= 4 is 17.4 Å². The third kappa shape index (κ3) is 2.91. The number of primary amides is 1. The quantitative estimate of drug-likeness (QED) is 0.771. The summed E-state index contributed by atoms with van der Waals surface area (Å²) in [4.78, 5) is 31.8. The van der Waals surface area contributed by atoms with Gasteiger partial charge in [0.15, 0.2) is 5.82 Å². The topological polar surface area (TPSA) is 97.9 Å². The van der Waals surface area contributed by atoms with Crippen molar-refractivity contribution in [3.63, 3.8) is 0 Å². The van der Waals surface area contributed by atoms with Crippen LogP contribution in [0.5, 0.6) is 0 Å². The fourth-order valence-corrected chi connectivity index (χ4v) is 3.41. The van der Waals surface area contributed by atoms with Crippen molar-refractivity contribution in [2.45, 2.75) is 26.2 Å². The molecule has 0 atom stereocenters. The molecule has 2 N–H and O–H groups in total. The highest BCUT2D eigenvalue weighted by molar-refractivity contribution is 5.99. The molecule has 27 heavy (non-hydrogen) atoms. The summed E-state index contributed by atoms with van der Waals surface area (Å²) in [6.45, 7) is 6.85. The van der Waals surface area contributed by atoms with Crippen LogP contribution in [0.15, 0.2) is 42.9 Å². The summed E-state index contributed by atoms with van der Waals surface area (Å²) in [6, 6.07) is 7.55. The van der Waals surface area contributed by atoms with E-state index in [4.69, 9.17) is 10.7 Å². The number of hydrogen-bond donors (Lipinski definition) is 1. The molecule has 1 amide bonds. The number of anilines is 2. The molecule has 3 aromatic heterocycles. The van der Waals surface area contributed by atoms with E-state index in [1.165, 1.54) is 6.20 Å². The van der Waals surface area contributed by atoms with Crippen LogP contribution in [-0.2, 0) is 5.41 Å². The molecule has 0 fully saturated rings. The van der Waals surface area contributed by atoms with Crippen molar-refractivity contribution in [1.29, 1.82) is 0 Å². The molecule has 4 heterocycles. The van der Waals surface area contributed by atoms with Gasteiger partial charge in [0.25, 0.3) is 5.91 Å². The van der Waals surface area contributed by atoms with E-state index in [-0.39, 0.29) is 5.41 Å². The van der Waals surface area contributed by atoms with Gasteiger partial charge in [-0.2, -0.15) is 0 Å². The van der Waals surface area contributed by atoms with Crippen LogP contribution < -0.4 is 10.6 Å². The number of aromatic nitrogens is 4. The number of nitrogens with zero attached hydrogens (tertiary/aromatic N) is 5. The molecular weight excluding hydrogens is 340 g/mol. The van der Waals surface area contributed by atoms with Gasteiger partial charge in [0.05, 0.1) is 11.3 Å². The lowest BCUT2D eigenvalue weighted by atomic mass is 9.89. The Bertz CT molecular complexity index is 1050. The first kappa shape index (κ1) is 17.1. The number of aryl methyl sites for hydroxylation is 1.